The maximum Gasteiger partial charge on any atom is 0.253 e. The summed E-state index contributed by atoms with van der Waals surface area (Å²) in [5.41, 5.74) is 8.82. The third-order valence-electron chi connectivity index (χ3n) is 5.26. The number of rotatable bonds is 7. The molecule has 0 radical (unpaired) electrons. The Kier molecular flexibility index (Phi) is 6.32. The van der Waals surface area contributed by atoms with E-state index in [-0.39, 0.29) is 24.3 Å². The van der Waals surface area contributed by atoms with Crippen molar-refractivity contribution in [2.24, 2.45) is 5.92 Å². The minimum Gasteiger partial charge on any atom is -0.368 e. The average Bonchev–Trinajstić information content (AvgIpc) is 3.61. The summed E-state index contributed by atoms with van der Waals surface area (Å²) in [6, 6.07) is 8.99. The van der Waals surface area contributed by atoms with Crippen LogP contribution in [0, 0.1) is 5.92 Å². The smallest absolute Gasteiger partial charge is 0.253 e. The van der Waals surface area contributed by atoms with Gasteiger partial charge in [0.15, 0.2) is 0 Å². The molecule has 0 atom stereocenters. The highest BCUT2D eigenvalue weighted by Gasteiger charge is 2.27. The predicted molar refractivity (Wildman–Crippen MR) is 123 cm³/mol. The fraction of sp³-hybridized carbons (Fsp3) is 0.261. The molecule has 8 nitrogen and oxygen atoms in total. The van der Waals surface area contributed by atoms with E-state index in [4.69, 9.17) is 17.3 Å². The molecule has 0 aliphatic heterocycles. The van der Waals surface area contributed by atoms with Gasteiger partial charge in [-0.05, 0) is 43.0 Å². The van der Waals surface area contributed by atoms with E-state index in [1.54, 1.807) is 42.4 Å². The van der Waals surface area contributed by atoms with E-state index >= 15 is 0 Å². The Labute approximate surface area is 190 Å². The zero-order chi connectivity index (χ0) is 22.7. The maximum absolute atomic E-state index is 12.4. The van der Waals surface area contributed by atoms with Crippen molar-refractivity contribution in [3.8, 4) is 11.3 Å². The molecule has 4 rings (SSSR count). The van der Waals surface area contributed by atoms with Crippen molar-refractivity contribution < 1.29 is 9.59 Å². The quantitative estimate of drug-likeness (QED) is 0.569. The molecule has 0 spiro atoms. The summed E-state index contributed by atoms with van der Waals surface area (Å²) in [4.78, 5) is 38.4. The first kappa shape index (κ1) is 21.7. The molecule has 0 bridgehead atoms. The molecule has 32 heavy (non-hydrogen) atoms. The van der Waals surface area contributed by atoms with Crippen LogP contribution in [-0.2, 0) is 11.3 Å². The summed E-state index contributed by atoms with van der Waals surface area (Å²) in [7, 11) is 0. The predicted octanol–water partition coefficient (Wildman–Crippen LogP) is 3.47. The van der Waals surface area contributed by atoms with Gasteiger partial charge < -0.3 is 16.0 Å². The molecular formula is C23H23ClN6O2. The minimum absolute atomic E-state index is 0.0226. The Balaban J connectivity index is 1.43. The van der Waals surface area contributed by atoms with E-state index in [1.807, 2.05) is 12.1 Å². The van der Waals surface area contributed by atoms with E-state index < -0.39 is 0 Å². The van der Waals surface area contributed by atoms with Gasteiger partial charge in [-0.2, -0.15) is 0 Å². The van der Waals surface area contributed by atoms with Gasteiger partial charge in [-0.15, -0.1) is 0 Å². The first-order chi connectivity index (χ1) is 15.4. The fourth-order valence-corrected chi connectivity index (χ4v) is 3.56. The molecule has 9 heteroatoms. The highest BCUT2D eigenvalue weighted by Crippen LogP contribution is 2.35. The third-order valence-corrected chi connectivity index (χ3v) is 5.56. The number of aromatic nitrogens is 3. The molecule has 0 saturated heterocycles. The molecule has 3 aromatic rings. The number of anilines is 2. The van der Waals surface area contributed by atoms with Crippen LogP contribution in [0.3, 0.4) is 0 Å². The van der Waals surface area contributed by atoms with Gasteiger partial charge in [0, 0.05) is 49.7 Å². The number of benzene rings is 1. The Morgan fingerprint density at radius 3 is 2.47 bits per heavy atom. The Bertz CT molecular complexity index is 1130. The zero-order valence-corrected chi connectivity index (χ0v) is 18.3. The average molecular weight is 451 g/mol. The summed E-state index contributed by atoms with van der Waals surface area (Å²) in [5.74, 6) is 0.462. The lowest BCUT2D eigenvalue weighted by molar-refractivity contribution is -0.116. The van der Waals surface area contributed by atoms with E-state index in [9.17, 15) is 9.59 Å². The van der Waals surface area contributed by atoms with Gasteiger partial charge >= 0.3 is 0 Å². The number of hydrogen-bond acceptors (Lipinski definition) is 6. The molecule has 1 aromatic carbocycles. The number of halogens is 1. The van der Waals surface area contributed by atoms with Crippen LogP contribution < -0.4 is 16.0 Å². The number of nitrogens with two attached hydrogens (primary N) is 1. The molecule has 3 N–H and O–H groups in total. The molecule has 164 valence electrons. The molecular weight excluding hydrogens is 428 g/mol. The van der Waals surface area contributed by atoms with Crippen molar-refractivity contribution in [3.63, 3.8) is 0 Å². The highest BCUT2D eigenvalue weighted by molar-refractivity contribution is 6.34. The van der Waals surface area contributed by atoms with Crippen molar-refractivity contribution in [2.75, 3.05) is 17.2 Å². The Morgan fingerprint density at radius 1 is 1.12 bits per heavy atom. The van der Waals surface area contributed by atoms with Crippen LogP contribution >= 0.6 is 11.6 Å². The lowest BCUT2D eigenvalue weighted by Crippen LogP contribution is -2.30. The van der Waals surface area contributed by atoms with Crippen LogP contribution in [0.15, 0.2) is 48.9 Å². The van der Waals surface area contributed by atoms with Crippen LogP contribution in [0.4, 0.5) is 11.6 Å². The van der Waals surface area contributed by atoms with Crippen molar-refractivity contribution in [3.05, 3.63) is 65.1 Å². The third kappa shape index (κ3) is 5.20. The van der Waals surface area contributed by atoms with Gasteiger partial charge in [0.2, 0.25) is 11.9 Å². The van der Waals surface area contributed by atoms with Crippen LogP contribution in [0.1, 0.15) is 35.7 Å². The Morgan fingerprint density at radius 2 is 1.88 bits per heavy atom. The summed E-state index contributed by atoms with van der Waals surface area (Å²) in [5, 5.41) is 3.29. The van der Waals surface area contributed by atoms with Crippen molar-refractivity contribution >= 4 is 35.1 Å². The van der Waals surface area contributed by atoms with E-state index in [0.29, 0.717) is 34.4 Å². The standard InChI is InChI=1S/C23H23ClN6O2/c1-14(31)30(13-15-2-3-15)21-7-5-17(8-19(21)24)20-6-4-18(12-26-20)22(32)27-9-16-10-28-23(25)29-11-16/h4-8,10-12,15H,2-3,9,13H2,1H3,(H,27,32)(H2,25,28,29). The van der Waals surface area contributed by atoms with Crippen LogP contribution in [-0.4, -0.2) is 33.3 Å². The van der Waals surface area contributed by atoms with Crippen LogP contribution in [0.2, 0.25) is 5.02 Å². The monoisotopic (exact) mass is 450 g/mol. The van der Waals surface area contributed by atoms with E-state index in [0.717, 1.165) is 24.0 Å². The minimum atomic E-state index is -0.258. The number of nitrogens with zero attached hydrogens (tertiary/aromatic N) is 4. The van der Waals surface area contributed by atoms with Crippen molar-refractivity contribution in [1.29, 1.82) is 0 Å². The second kappa shape index (κ2) is 9.32. The second-order valence-corrected chi connectivity index (χ2v) is 8.21. The number of amides is 2. The molecule has 2 amide bonds. The summed E-state index contributed by atoms with van der Waals surface area (Å²) in [6.45, 7) is 2.53. The van der Waals surface area contributed by atoms with E-state index in [2.05, 4.69) is 20.3 Å². The SMILES string of the molecule is CC(=O)N(CC1CC1)c1ccc(-c2ccc(C(=O)NCc3cnc(N)nc3)cn2)cc1Cl. The largest absolute Gasteiger partial charge is 0.368 e. The number of carbonyl (C=O) groups excluding carboxylic acids is 2. The molecule has 1 aliphatic rings. The van der Waals surface area contributed by atoms with Gasteiger partial charge in [0.25, 0.3) is 5.91 Å². The molecule has 2 heterocycles. The molecule has 1 aliphatic carbocycles. The number of pyridine rings is 1. The number of nitrogen functional groups attached to an aromatic ring is 1. The van der Waals surface area contributed by atoms with Crippen molar-refractivity contribution in [2.45, 2.75) is 26.3 Å². The first-order valence-corrected chi connectivity index (χ1v) is 10.7. The second-order valence-electron chi connectivity index (χ2n) is 7.80. The van der Waals surface area contributed by atoms with E-state index in [1.165, 1.54) is 6.20 Å². The Hall–Kier alpha value is -3.52. The molecule has 0 unspecified atom stereocenters. The number of nitrogens with one attached hydrogen (secondary N) is 1. The van der Waals surface area contributed by atoms with Gasteiger partial charge in [-0.25, -0.2) is 9.97 Å². The first-order valence-electron chi connectivity index (χ1n) is 10.3. The van der Waals surface area contributed by atoms with Gasteiger partial charge in [0.05, 0.1) is 22.0 Å². The lowest BCUT2D eigenvalue weighted by Gasteiger charge is -2.22. The van der Waals surface area contributed by atoms with Gasteiger partial charge in [-0.1, -0.05) is 17.7 Å². The number of hydrogen-bond donors (Lipinski definition) is 2. The lowest BCUT2D eigenvalue weighted by atomic mass is 10.1. The van der Waals surface area contributed by atoms with Crippen LogP contribution in [0.5, 0.6) is 0 Å². The highest BCUT2D eigenvalue weighted by atomic mass is 35.5. The fourth-order valence-electron chi connectivity index (χ4n) is 3.28. The summed E-state index contributed by atoms with van der Waals surface area (Å²) >= 11 is 6.51. The van der Waals surface area contributed by atoms with Gasteiger partial charge in [0.1, 0.15) is 0 Å². The molecule has 1 fully saturated rings. The normalized spacial score (nSPS) is 12.9. The van der Waals surface area contributed by atoms with Gasteiger partial charge in [-0.3, -0.25) is 14.6 Å². The molecule has 2 aromatic heterocycles. The van der Waals surface area contributed by atoms with Crippen LogP contribution in [0.25, 0.3) is 11.3 Å². The molecule has 1 saturated carbocycles. The topological polar surface area (TPSA) is 114 Å². The zero-order valence-electron chi connectivity index (χ0n) is 17.6. The summed E-state index contributed by atoms with van der Waals surface area (Å²) < 4.78 is 0. The summed E-state index contributed by atoms with van der Waals surface area (Å²) in [6.07, 6.45) is 6.94. The number of carbonyl (C=O) groups is 2. The maximum atomic E-state index is 12.4. The van der Waals surface area contributed by atoms with Crippen molar-refractivity contribution in [1.82, 2.24) is 20.3 Å².